The SMILES string of the molecule is CC1(C)c2ccccc2N(c2ccc(-c3ccc(-n4c5ccccc5c5ccc6c7ccccc7n(-c7ccccc7)c6c54)cc3)cc2)c2ccccc21. The summed E-state index contributed by atoms with van der Waals surface area (Å²) in [5, 5.41) is 5.02. The van der Waals surface area contributed by atoms with Crippen LogP contribution in [0, 0.1) is 0 Å². The fourth-order valence-electron chi connectivity index (χ4n) is 9.17. The van der Waals surface area contributed by atoms with E-state index in [-0.39, 0.29) is 5.41 Å². The lowest BCUT2D eigenvalue weighted by Crippen LogP contribution is -2.30. The highest BCUT2D eigenvalue weighted by molar-refractivity contribution is 6.23. The normalized spacial score (nSPS) is 13.5. The fraction of sp³-hybridized carbons (Fsp3) is 0.0588. The van der Waals surface area contributed by atoms with Crippen LogP contribution in [0.25, 0.3) is 66.1 Å². The molecule has 2 aromatic heterocycles. The summed E-state index contributed by atoms with van der Waals surface area (Å²) < 4.78 is 4.91. The first-order chi connectivity index (χ1) is 26.6. The molecule has 10 aromatic rings. The van der Waals surface area contributed by atoms with E-state index in [1.165, 1.54) is 77.2 Å². The zero-order valence-corrected chi connectivity index (χ0v) is 30.2. The van der Waals surface area contributed by atoms with Gasteiger partial charge >= 0.3 is 0 Å². The van der Waals surface area contributed by atoms with Crippen LogP contribution < -0.4 is 4.90 Å². The molecule has 3 heterocycles. The molecule has 0 unspecified atom stereocenters. The second-order valence-electron chi connectivity index (χ2n) is 15.0. The van der Waals surface area contributed by atoms with Crippen LogP contribution in [0.1, 0.15) is 25.0 Å². The van der Waals surface area contributed by atoms with Gasteiger partial charge in [0.15, 0.2) is 0 Å². The van der Waals surface area contributed by atoms with Crippen LogP contribution in [-0.2, 0) is 5.41 Å². The van der Waals surface area contributed by atoms with Gasteiger partial charge in [-0.3, -0.25) is 0 Å². The van der Waals surface area contributed by atoms with Gasteiger partial charge < -0.3 is 14.0 Å². The van der Waals surface area contributed by atoms with Gasteiger partial charge in [-0.2, -0.15) is 0 Å². The highest BCUT2D eigenvalue weighted by Gasteiger charge is 2.36. The second kappa shape index (κ2) is 11.6. The Labute approximate surface area is 314 Å². The molecule has 1 aliphatic heterocycles. The molecule has 0 atom stereocenters. The van der Waals surface area contributed by atoms with Crippen molar-refractivity contribution in [3.8, 4) is 22.5 Å². The van der Waals surface area contributed by atoms with E-state index in [1.807, 2.05) is 0 Å². The maximum Gasteiger partial charge on any atom is 0.0788 e. The van der Waals surface area contributed by atoms with Crippen LogP contribution in [0.3, 0.4) is 0 Å². The maximum atomic E-state index is 2.46. The molecule has 0 amide bonds. The summed E-state index contributed by atoms with van der Waals surface area (Å²) in [6.07, 6.45) is 0. The summed E-state index contributed by atoms with van der Waals surface area (Å²) in [6, 6.07) is 68.8. The molecular weight excluding hydrogens is 655 g/mol. The van der Waals surface area contributed by atoms with Crippen molar-refractivity contribution in [2.45, 2.75) is 19.3 Å². The molecule has 0 fully saturated rings. The quantitative estimate of drug-likeness (QED) is 0.179. The largest absolute Gasteiger partial charge is 0.310 e. The summed E-state index contributed by atoms with van der Waals surface area (Å²) >= 11 is 0. The van der Waals surface area contributed by atoms with Gasteiger partial charge in [-0.05, 0) is 82.9 Å². The number of fused-ring (bicyclic) bond motifs is 9. The van der Waals surface area contributed by atoms with E-state index in [4.69, 9.17) is 0 Å². The third kappa shape index (κ3) is 4.36. The molecular formula is C51H37N3. The molecule has 0 spiro atoms. The molecule has 256 valence electrons. The summed E-state index contributed by atoms with van der Waals surface area (Å²) in [7, 11) is 0. The Morgan fingerprint density at radius 1 is 0.333 bits per heavy atom. The van der Waals surface area contributed by atoms with Gasteiger partial charge in [-0.1, -0.05) is 141 Å². The van der Waals surface area contributed by atoms with E-state index in [9.17, 15) is 0 Å². The molecule has 54 heavy (non-hydrogen) atoms. The van der Waals surface area contributed by atoms with Crippen molar-refractivity contribution in [3.63, 3.8) is 0 Å². The lowest BCUT2D eigenvalue weighted by molar-refractivity contribution is 0.632. The molecule has 3 nitrogen and oxygen atoms in total. The van der Waals surface area contributed by atoms with Gasteiger partial charge in [0.2, 0.25) is 0 Å². The summed E-state index contributed by atoms with van der Waals surface area (Å²) in [5.74, 6) is 0. The average Bonchev–Trinajstić information content (AvgIpc) is 3.75. The molecule has 11 rings (SSSR count). The number of aromatic nitrogens is 2. The molecule has 0 saturated heterocycles. The van der Waals surface area contributed by atoms with Crippen molar-refractivity contribution < 1.29 is 0 Å². The number of anilines is 3. The van der Waals surface area contributed by atoms with Crippen molar-refractivity contribution in [2.24, 2.45) is 0 Å². The number of hydrogen-bond acceptors (Lipinski definition) is 1. The van der Waals surface area contributed by atoms with Crippen LogP contribution >= 0.6 is 0 Å². The first-order valence-electron chi connectivity index (χ1n) is 18.8. The number of nitrogens with zero attached hydrogens (tertiary/aromatic N) is 3. The standard InChI is InChI=1S/C51H37N3/c1-51(2)43-18-8-12-22-47(43)52(48-23-13-9-19-44(48)51)37-28-24-34(25-29-37)35-26-30-38(31-27-35)54-46-21-11-7-17-40(46)42-33-32-41-39-16-6-10-20-45(39)53(49(41)50(42)54)36-14-4-3-5-15-36/h3-33H,1-2H3. The Balaban J connectivity index is 1.05. The zero-order valence-electron chi connectivity index (χ0n) is 30.2. The molecule has 0 N–H and O–H groups in total. The van der Waals surface area contributed by atoms with Gasteiger partial charge in [0.1, 0.15) is 0 Å². The van der Waals surface area contributed by atoms with Gasteiger partial charge in [0.25, 0.3) is 0 Å². The monoisotopic (exact) mass is 691 g/mol. The van der Waals surface area contributed by atoms with Crippen molar-refractivity contribution in [1.29, 1.82) is 0 Å². The Hall–Kier alpha value is -6.84. The number of benzene rings is 8. The Morgan fingerprint density at radius 3 is 1.26 bits per heavy atom. The van der Waals surface area contributed by atoms with E-state index >= 15 is 0 Å². The molecule has 3 heteroatoms. The zero-order chi connectivity index (χ0) is 36.0. The highest BCUT2D eigenvalue weighted by Crippen LogP contribution is 2.51. The molecule has 0 bridgehead atoms. The summed E-state index contributed by atoms with van der Waals surface area (Å²) in [5.41, 5.74) is 15.8. The minimum absolute atomic E-state index is 0.0777. The van der Waals surface area contributed by atoms with Gasteiger partial charge in [0.05, 0.1) is 33.4 Å². The molecule has 1 aliphatic rings. The highest BCUT2D eigenvalue weighted by atomic mass is 15.2. The number of hydrogen-bond donors (Lipinski definition) is 0. The maximum absolute atomic E-state index is 2.46. The first kappa shape index (κ1) is 30.8. The van der Waals surface area contributed by atoms with E-state index in [0.29, 0.717) is 0 Å². The van der Waals surface area contributed by atoms with Crippen LogP contribution in [0.4, 0.5) is 17.1 Å². The smallest absolute Gasteiger partial charge is 0.0788 e. The number of para-hydroxylation sites is 5. The molecule has 8 aromatic carbocycles. The van der Waals surface area contributed by atoms with Crippen molar-refractivity contribution in [1.82, 2.24) is 9.13 Å². The van der Waals surface area contributed by atoms with E-state index in [1.54, 1.807) is 0 Å². The fourth-order valence-corrected chi connectivity index (χ4v) is 9.17. The van der Waals surface area contributed by atoms with Crippen LogP contribution in [0.2, 0.25) is 0 Å². The molecule has 0 aliphatic carbocycles. The van der Waals surface area contributed by atoms with E-state index in [0.717, 1.165) is 17.1 Å². The van der Waals surface area contributed by atoms with Crippen LogP contribution in [0.15, 0.2) is 188 Å². The van der Waals surface area contributed by atoms with E-state index in [2.05, 4.69) is 216 Å². The Morgan fingerprint density at radius 2 is 0.741 bits per heavy atom. The third-order valence-electron chi connectivity index (χ3n) is 11.7. The summed E-state index contributed by atoms with van der Waals surface area (Å²) in [6.45, 7) is 4.67. The van der Waals surface area contributed by atoms with Crippen molar-refractivity contribution in [2.75, 3.05) is 4.90 Å². The second-order valence-corrected chi connectivity index (χ2v) is 15.0. The lowest BCUT2D eigenvalue weighted by atomic mass is 9.73. The number of rotatable bonds is 4. The predicted octanol–water partition coefficient (Wildman–Crippen LogP) is 13.7. The van der Waals surface area contributed by atoms with Crippen LogP contribution in [0.5, 0.6) is 0 Å². The predicted molar refractivity (Wildman–Crippen MR) is 227 cm³/mol. The first-order valence-corrected chi connectivity index (χ1v) is 18.8. The minimum Gasteiger partial charge on any atom is -0.310 e. The third-order valence-corrected chi connectivity index (χ3v) is 11.7. The van der Waals surface area contributed by atoms with Crippen LogP contribution in [-0.4, -0.2) is 9.13 Å². The molecule has 0 saturated carbocycles. The van der Waals surface area contributed by atoms with Crippen molar-refractivity contribution in [3.05, 3.63) is 199 Å². The summed E-state index contributed by atoms with van der Waals surface area (Å²) in [4.78, 5) is 2.42. The Kier molecular flexibility index (Phi) is 6.60. The van der Waals surface area contributed by atoms with Gasteiger partial charge in [-0.25, -0.2) is 0 Å². The lowest BCUT2D eigenvalue weighted by Gasteiger charge is -2.42. The Bertz CT molecular complexity index is 3000. The average molecular weight is 692 g/mol. The van der Waals surface area contributed by atoms with Crippen molar-refractivity contribution >= 4 is 60.7 Å². The van der Waals surface area contributed by atoms with Gasteiger partial charge in [-0.15, -0.1) is 0 Å². The van der Waals surface area contributed by atoms with Gasteiger partial charge in [0, 0.05) is 44.0 Å². The molecule has 0 radical (unpaired) electrons. The minimum atomic E-state index is -0.0777. The van der Waals surface area contributed by atoms with E-state index < -0.39 is 0 Å². The topological polar surface area (TPSA) is 13.1 Å².